The second-order valence-corrected chi connectivity index (χ2v) is 12.7. The summed E-state index contributed by atoms with van der Waals surface area (Å²) >= 11 is 0. The number of hydrogen-bond acceptors (Lipinski definition) is 20. The number of esters is 4. The third-order valence-electron chi connectivity index (χ3n) is 7.05. The molecule has 0 saturated heterocycles. The van der Waals surface area contributed by atoms with Crippen molar-refractivity contribution in [3.8, 4) is 0 Å². The van der Waals surface area contributed by atoms with Crippen molar-refractivity contribution in [1.82, 2.24) is 0 Å². The van der Waals surface area contributed by atoms with E-state index >= 15 is 0 Å². The number of carboxylic acids is 4. The van der Waals surface area contributed by atoms with Crippen molar-refractivity contribution in [2.75, 3.05) is 26.4 Å². The second kappa shape index (κ2) is 35.1. The minimum absolute atomic E-state index is 0. The fraction of sp³-hybridized carbons (Fsp3) is 0.500. The first kappa shape index (κ1) is 64.4. The van der Waals surface area contributed by atoms with Crippen LogP contribution in [0.5, 0.6) is 0 Å². The summed E-state index contributed by atoms with van der Waals surface area (Å²) in [5.41, 5.74) is 0.899. The van der Waals surface area contributed by atoms with Crippen LogP contribution in [0.25, 0.3) is 0 Å². The summed E-state index contributed by atoms with van der Waals surface area (Å²) in [4.78, 5) is 129. The minimum Gasteiger partial charge on any atom is -0.549 e. The van der Waals surface area contributed by atoms with Gasteiger partial charge >= 0.3 is 50.1 Å². The molecule has 0 spiro atoms. The number of carbonyl (C=O) groups excluding carboxylic acids is 12. The van der Waals surface area contributed by atoms with Gasteiger partial charge in [-0.1, -0.05) is 26.3 Å². The molecule has 0 aromatic carbocycles. The van der Waals surface area contributed by atoms with Crippen molar-refractivity contribution in [2.45, 2.75) is 81.1 Å². The molecule has 4 unspecified atom stereocenters. The zero-order chi connectivity index (χ0) is 48.0. The van der Waals surface area contributed by atoms with Gasteiger partial charge in [0.25, 0.3) is 0 Å². The van der Waals surface area contributed by atoms with Crippen molar-refractivity contribution in [2.24, 2.45) is 23.7 Å². The molecule has 20 nitrogen and oxygen atoms in total. The molecule has 0 N–H and O–H groups in total. The third-order valence-corrected chi connectivity index (χ3v) is 7.05. The summed E-state index contributed by atoms with van der Waals surface area (Å²) in [6.45, 7) is 23.4. The summed E-state index contributed by atoms with van der Waals surface area (Å²) in [5.74, 6) is -15.1. The molecule has 0 heterocycles. The molecule has 4 atom stereocenters. The van der Waals surface area contributed by atoms with E-state index in [0.29, 0.717) is 0 Å². The van der Waals surface area contributed by atoms with Crippen molar-refractivity contribution in [1.29, 1.82) is 0 Å². The first-order valence-electron chi connectivity index (χ1n) is 17.6. The fourth-order valence-electron chi connectivity index (χ4n) is 3.52. The summed E-state index contributed by atoms with van der Waals surface area (Å²) in [7, 11) is 0. The minimum atomic E-state index is -1.45. The fourth-order valence-corrected chi connectivity index (χ4v) is 3.52. The van der Waals surface area contributed by atoms with E-state index in [1.54, 1.807) is 0 Å². The molecule has 336 valence electrons. The molecule has 0 amide bonds. The quantitative estimate of drug-likeness (QED) is 0.0429. The Labute approximate surface area is 372 Å². The Kier molecular flexibility index (Phi) is 37.0. The van der Waals surface area contributed by atoms with Crippen LogP contribution >= 0.6 is 0 Å². The molecule has 0 fully saturated rings. The van der Waals surface area contributed by atoms with Crippen LogP contribution in [0.3, 0.4) is 0 Å². The Hall–Kier alpha value is -5.72. The van der Waals surface area contributed by atoms with Gasteiger partial charge in [0.2, 0.25) is 0 Å². The molecule has 0 saturated carbocycles. The number of hydrogen-bond donors (Lipinski definition) is 0. The number of carbonyl (C=O) groups is 12. The molecule has 0 aromatic rings. The summed E-state index contributed by atoms with van der Waals surface area (Å²) in [5, 5.41) is 41.8. The van der Waals surface area contributed by atoms with E-state index < -0.39 is 94.6 Å². The number of aliphatic carboxylic acids is 4. The van der Waals surface area contributed by atoms with Gasteiger partial charge in [-0.2, -0.15) is 0 Å². The summed E-state index contributed by atoms with van der Waals surface area (Å²) < 4.78 is 18.6. The molecule has 0 radical (unpaired) electrons. The predicted octanol–water partition coefficient (Wildman–Crippen LogP) is -2.20. The predicted molar refractivity (Wildman–Crippen MR) is 198 cm³/mol. The van der Waals surface area contributed by atoms with Gasteiger partial charge in [0.05, 0.1) is 74.0 Å². The monoisotopic (exact) mass is 942 g/mol. The van der Waals surface area contributed by atoms with Crippen LogP contribution in [-0.2, 0) is 103 Å². The smallest absolute Gasteiger partial charge is 0.549 e. The molecule has 0 rings (SSSR count). The maximum Gasteiger partial charge on any atom is 4.00 e. The van der Waals surface area contributed by atoms with E-state index in [1.807, 2.05) is 0 Å². The van der Waals surface area contributed by atoms with Crippen molar-refractivity contribution in [3.05, 3.63) is 48.6 Å². The Balaban J connectivity index is -0.000000227. The van der Waals surface area contributed by atoms with E-state index in [2.05, 4.69) is 45.3 Å². The average Bonchev–Trinajstić information content (AvgIpc) is 3.10. The molecular weight excluding hydrogens is 892 g/mol. The third kappa shape index (κ3) is 33.8. The second-order valence-electron chi connectivity index (χ2n) is 12.7. The van der Waals surface area contributed by atoms with Gasteiger partial charge < -0.3 is 58.6 Å². The standard InChI is InChI=1S/4C10H14O5.Zr/c4*1-6(2)10(14)15-5-4-8(7(3)11)9(12)13;/h4*8H,1,4-5H2,2-3H3,(H,12,13);/q;;;;+4/p-4. The van der Waals surface area contributed by atoms with E-state index in [0.717, 1.165) is 27.7 Å². The Morgan fingerprint density at radius 2 is 0.475 bits per heavy atom. The first-order chi connectivity index (χ1) is 27.4. The Bertz CT molecular complexity index is 1360. The van der Waals surface area contributed by atoms with Crippen molar-refractivity contribution in [3.63, 3.8) is 0 Å². The average molecular weight is 944 g/mol. The molecule has 0 aromatic heterocycles. The Morgan fingerprint density at radius 1 is 0.344 bits per heavy atom. The molecule has 61 heavy (non-hydrogen) atoms. The van der Waals surface area contributed by atoms with Crippen LogP contribution in [0.1, 0.15) is 81.1 Å². The van der Waals surface area contributed by atoms with Gasteiger partial charge in [0.15, 0.2) is 0 Å². The van der Waals surface area contributed by atoms with Crippen LogP contribution in [0.4, 0.5) is 0 Å². The van der Waals surface area contributed by atoms with Crippen molar-refractivity contribution < 1.29 is 123 Å². The van der Waals surface area contributed by atoms with Crippen molar-refractivity contribution >= 4 is 70.9 Å². The van der Waals surface area contributed by atoms with Gasteiger partial charge in [0.1, 0.15) is 23.1 Å². The number of Topliss-reactive ketones (excluding diaryl/α,β-unsaturated/α-hetero) is 4. The van der Waals surface area contributed by atoms with Gasteiger partial charge in [0, 0.05) is 22.3 Å². The van der Waals surface area contributed by atoms with Crippen LogP contribution in [0, 0.1) is 23.7 Å². The zero-order valence-corrected chi connectivity index (χ0v) is 37.9. The topological polar surface area (TPSA) is 334 Å². The molecule has 21 heteroatoms. The van der Waals surface area contributed by atoms with Gasteiger partial charge in [-0.15, -0.1) is 0 Å². The summed E-state index contributed by atoms with van der Waals surface area (Å²) in [6, 6.07) is 0. The normalized spacial score (nSPS) is 11.4. The van der Waals surface area contributed by atoms with E-state index in [1.165, 1.54) is 27.7 Å². The van der Waals surface area contributed by atoms with E-state index in [9.17, 15) is 78.0 Å². The molecule has 0 bridgehead atoms. The largest absolute Gasteiger partial charge is 4.00 e. The summed E-state index contributed by atoms with van der Waals surface area (Å²) in [6.07, 6.45) is -0.291. The first-order valence-corrected chi connectivity index (χ1v) is 17.6. The van der Waals surface area contributed by atoms with E-state index in [-0.39, 0.29) is 101 Å². The van der Waals surface area contributed by atoms with Crippen LogP contribution in [-0.4, -0.2) is 97.3 Å². The SMILES string of the molecule is C=C(C)C(=O)OCCC(C(C)=O)C(=O)[O-].C=C(C)C(=O)OCCC(C(C)=O)C(=O)[O-].C=C(C)C(=O)OCCC(C(C)=O)C(=O)[O-].C=C(C)C(=O)OCCC(C(C)=O)C(=O)[O-].[Zr+4]. The van der Waals surface area contributed by atoms with Gasteiger partial charge in [-0.3, -0.25) is 19.2 Å². The number of rotatable bonds is 24. The Morgan fingerprint density at radius 3 is 0.557 bits per heavy atom. The number of ether oxygens (including phenoxy) is 4. The van der Waals surface area contributed by atoms with Crippen LogP contribution in [0.2, 0.25) is 0 Å². The molecular formula is C40H52O20Zr. The van der Waals surface area contributed by atoms with E-state index in [4.69, 9.17) is 0 Å². The number of carboxylic acid groups (broad SMARTS) is 4. The number of ketones is 4. The molecule has 0 aliphatic heterocycles. The molecule has 0 aliphatic carbocycles. The van der Waals surface area contributed by atoms with Gasteiger partial charge in [-0.05, 0) is 81.1 Å². The maximum atomic E-state index is 10.9. The van der Waals surface area contributed by atoms with Crippen LogP contribution < -0.4 is 20.4 Å². The zero-order valence-electron chi connectivity index (χ0n) is 35.5. The van der Waals surface area contributed by atoms with Crippen LogP contribution in [0.15, 0.2) is 48.6 Å². The van der Waals surface area contributed by atoms with Gasteiger partial charge in [-0.25, -0.2) is 19.2 Å². The molecule has 0 aliphatic rings. The maximum absolute atomic E-state index is 10.9.